The van der Waals surface area contributed by atoms with Crippen LogP contribution in [0, 0.1) is 12.8 Å². The summed E-state index contributed by atoms with van der Waals surface area (Å²) in [6.45, 7) is 5.23. The number of amides is 1. The number of piperidine rings is 1. The van der Waals surface area contributed by atoms with Crippen molar-refractivity contribution in [3.05, 3.63) is 48.3 Å². The number of hydrogen-bond donors (Lipinski definition) is 1. The van der Waals surface area contributed by atoms with Crippen molar-refractivity contribution in [2.24, 2.45) is 5.92 Å². The molecule has 8 heteroatoms. The Morgan fingerprint density at radius 1 is 1.36 bits per heavy atom. The summed E-state index contributed by atoms with van der Waals surface area (Å²) >= 11 is 0. The van der Waals surface area contributed by atoms with Gasteiger partial charge in [0.05, 0.1) is 23.8 Å². The highest BCUT2D eigenvalue weighted by atomic mass is 16.5. The quantitative estimate of drug-likeness (QED) is 0.725. The van der Waals surface area contributed by atoms with E-state index in [-0.39, 0.29) is 17.9 Å². The molecule has 146 valence electrons. The van der Waals surface area contributed by atoms with Crippen LogP contribution in [0.15, 0.2) is 45.7 Å². The molecule has 28 heavy (non-hydrogen) atoms. The fourth-order valence-electron chi connectivity index (χ4n) is 3.45. The van der Waals surface area contributed by atoms with Crippen LogP contribution < -0.4 is 10.2 Å². The fourth-order valence-corrected chi connectivity index (χ4v) is 3.45. The van der Waals surface area contributed by atoms with Gasteiger partial charge in [-0.25, -0.2) is 4.98 Å². The van der Waals surface area contributed by atoms with Crippen LogP contribution in [0.2, 0.25) is 0 Å². The summed E-state index contributed by atoms with van der Waals surface area (Å²) in [7, 11) is 0. The van der Waals surface area contributed by atoms with Crippen LogP contribution in [0.4, 0.5) is 5.82 Å². The van der Waals surface area contributed by atoms with Crippen molar-refractivity contribution >= 4 is 11.7 Å². The van der Waals surface area contributed by atoms with Gasteiger partial charge in [-0.1, -0.05) is 5.16 Å². The molecule has 1 aliphatic heterocycles. The largest absolute Gasteiger partial charge is 0.467 e. The van der Waals surface area contributed by atoms with Crippen LogP contribution in [0.3, 0.4) is 0 Å². The number of carbonyl (C=O) groups excluding carboxylic acids is 1. The van der Waals surface area contributed by atoms with Gasteiger partial charge in [0.15, 0.2) is 5.82 Å². The van der Waals surface area contributed by atoms with Gasteiger partial charge in [0, 0.05) is 19.3 Å². The first-order valence-corrected chi connectivity index (χ1v) is 9.45. The topological polar surface area (TPSA) is 97.3 Å². The smallest absolute Gasteiger partial charge is 0.259 e. The van der Waals surface area contributed by atoms with Gasteiger partial charge in [-0.15, -0.1) is 0 Å². The van der Waals surface area contributed by atoms with Crippen molar-refractivity contribution in [2.45, 2.75) is 32.7 Å². The molecule has 1 N–H and O–H groups in total. The maximum absolute atomic E-state index is 12.7. The molecular weight excluding hydrogens is 358 g/mol. The van der Waals surface area contributed by atoms with Gasteiger partial charge in [-0.3, -0.25) is 4.79 Å². The molecule has 0 saturated carbocycles. The molecule has 1 amide bonds. The molecule has 0 radical (unpaired) electrons. The van der Waals surface area contributed by atoms with Gasteiger partial charge in [0.1, 0.15) is 11.6 Å². The van der Waals surface area contributed by atoms with Crippen LogP contribution in [0.5, 0.6) is 0 Å². The van der Waals surface area contributed by atoms with E-state index in [2.05, 4.69) is 25.3 Å². The summed E-state index contributed by atoms with van der Waals surface area (Å²) in [5.41, 5.74) is 0.780. The van der Waals surface area contributed by atoms with Crippen molar-refractivity contribution in [2.75, 3.05) is 18.0 Å². The third-order valence-corrected chi connectivity index (χ3v) is 4.97. The molecule has 4 rings (SSSR count). The second-order valence-corrected chi connectivity index (χ2v) is 7.08. The molecule has 1 aliphatic rings. The predicted octanol–water partition coefficient (Wildman–Crippen LogP) is 3.13. The van der Waals surface area contributed by atoms with Gasteiger partial charge < -0.3 is 19.2 Å². The van der Waals surface area contributed by atoms with E-state index >= 15 is 0 Å². The maximum Gasteiger partial charge on any atom is 0.259 e. The number of nitrogens with one attached hydrogen (secondary N) is 1. The number of anilines is 1. The van der Waals surface area contributed by atoms with Crippen molar-refractivity contribution in [3.63, 3.8) is 0 Å². The Bertz CT molecular complexity index is 920. The average molecular weight is 381 g/mol. The molecule has 0 bridgehead atoms. The molecular formula is C20H23N5O3. The van der Waals surface area contributed by atoms with E-state index in [0.717, 1.165) is 36.5 Å². The lowest BCUT2D eigenvalue weighted by molar-refractivity contribution is -0.126. The van der Waals surface area contributed by atoms with E-state index in [4.69, 9.17) is 8.94 Å². The summed E-state index contributed by atoms with van der Waals surface area (Å²) in [6.07, 6.45) is 5.16. The van der Waals surface area contributed by atoms with E-state index < -0.39 is 0 Å². The summed E-state index contributed by atoms with van der Waals surface area (Å²) in [4.78, 5) is 23.6. The van der Waals surface area contributed by atoms with Gasteiger partial charge >= 0.3 is 0 Å². The minimum absolute atomic E-state index is 0.0477. The van der Waals surface area contributed by atoms with Crippen LogP contribution in [0.1, 0.15) is 37.4 Å². The molecule has 1 saturated heterocycles. The third kappa shape index (κ3) is 3.90. The number of rotatable bonds is 5. The highest BCUT2D eigenvalue weighted by molar-refractivity contribution is 5.80. The Labute approximate surface area is 162 Å². The Morgan fingerprint density at radius 3 is 2.93 bits per heavy atom. The van der Waals surface area contributed by atoms with E-state index in [0.29, 0.717) is 18.3 Å². The van der Waals surface area contributed by atoms with E-state index in [1.807, 2.05) is 31.2 Å². The second-order valence-electron chi connectivity index (χ2n) is 7.08. The van der Waals surface area contributed by atoms with Gasteiger partial charge in [-0.05, 0) is 51.0 Å². The lowest BCUT2D eigenvalue weighted by atomic mass is 9.96. The number of hydrogen-bond acceptors (Lipinski definition) is 7. The Balaban J connectivity index is 1.40. The second kappa shape index (κ2) is 7.84. The average Bonchev–Trinajstić information content (AvgIpc) is 3.40. The van der Waals surface area contributed by atoms with Gasteiger partial charge in [0.25, 0.3) is 5.89 Å². The molecule has 2 atom stereocenters. The van der Waals surface area contributed by atoms with E-state index in [1.54, 1.807) is 19.4 Å². The number of aromatic nitrogens is 3. The first-order chi connectivity index (χ1) is 13.6. The zero-order valence-corrected chi connectivity index (χ0v) is 16.0. The monoisotopic (exact) mass is 381 g/mol. The molecule has 1 fully saturated rings. The Hall–Kier alpha value is -3.16. The van der Waals surface area contributed by atoms with Crippen LogP contribution in [-0.4, -0.2) is 34.1 Å². The summed E-state index contributed by atoms with van der Waals surface area (Å²) in [5.74, 6) is 2.62. The zero-order valence-electron chi connectivity index (χ0n) is 16.0. The zero-order chi connectivity index (χ0) is 19.5. The molecule has 3 aromatic rings. The molecule has 8 nitrogen and oxygen atoms in total. The normalized spacial score (nSPS) is 18.1. The molecule has 0 spiro atoms. The molecule has 4 heterocycles. The number of carbonyl (C=O) groups is 1. The maximum atomic E-state index is 12.7. The van der Waals surface area contributed by atoms with Crippen molar-refractivity contribution in [3.8, 4) is 11.5 Å². The highest BCUT2D eigenvalue weighted by Crippen LogP contribution is 2.25. The van der Waals surface area contributed by atoms with Crippen molar-refractivity contribution < 1.29 is 13.7 Å². The summed E-state index contributed by atoms with van der Waals surface area (Å²) in [6, 6.07) is 7.39. The standard InChI is InChI=1S/C20H23N5O3/c1-13(17-6-4-10-27-17)22-19(26)16-5-3-9-25(12-16)18-8-7-15(11-21-18)20-23-14(2)24-28-20/h4,6-8,10-11,13,16H,3,5,9,12H2,1-2H3,(H,22,26)/t13-,16-/m0/s1. The van der Waals surface area contributed by atoms with Crippen LogP contribution in [-0.2, 0) is 4.79 Å². The molecule has 0 aromatic carbocycles. The number of aryl methyl sites for hydroxylation is 1. The first-order valence-electron chi connectivity index (χ1n) is 9.45. The minimum Gasteiger partial charge on any atom is -0.467 e. The summed E-state index contributed by atoms with van der Waals surface area (Å²) in [5, 5.41) is 6.85. The molecule has 0 aliphatic carbocycles. The third-order valence-electron chi connectivity index (χ3n) is 4.97. The Kier molecular flexibility index (Phi) is 5.10. The highest BCUT2D eigenvalue weighted by Gasteiger charge is 2.28. The van der Waals surface area contributed by atoms with Crippen molar-refractivity contribution in [1.82, 2.24) is 20.4 Å². The van der Waals surface area contributed by atoms with Gasteiger partial charge in [-0.2, -0.15) is 4.98 Å². The lowest BCUT2D eigenvalue weighted by Gasteiger charge is -2.33. The first kappa shape index (κ1) is 18.2. The minimum atomic E-state index is -0.145. The number of furan rings is 1. The Morgan fingerprint density at radius 2 is 2.25 bits per heavy atom. The van der Waals surface area contributed by atoms with Gasteiger partial charge in [0.2, 0.25) is 5.91 Å². The van der Waals surface area contributed by atoms with Crippen molar-refractivity contribution in [1.29, 1.82) is 0 Å². The van der Waals surface area contributed by atoms with Crippen LogP contribution >= 0.6 is 0 Å². The molecule has 3 aromatic heterocycles. The predicted molar refractivity (Wildman–Crippen MR) is 102 cm³/mol. The SMILES string of the molecule is Cc1noc(-c2ccc(N3CCC[C@H](C(=O)N[C@@H](C)c4ccco4)C3)nc2)n1. The fraction of sp³-hybridized carbons (Fsp3) is 0.400. The molecule has 0 unspecified atom stereocenters. The lowest BCUT2D eigenvalue weighted by Crippen LogP contribution is -2.43. The number of nitrogens with zero attached hydrogens (tertiary/aromatic N) is 4. The van der Waals surface area contributed by atoms with Crippen LogP contribution in [0.25, 0.3) is 11.5 Å². The van der Waals surface area contributed by atoms with E-state index in [1.165, 1.54) is 0 Å². The summed E-state index contributed by atoms with van der Waals surface area (Å²) < 4.78 is 10.5. The van der Waals surface area contributed by atoms with E-state index in [9.17, 15) is 4.79 Å². The number of pyridine rings is 1.